The van der Waals surface area contributed by atoms with E-state index in [0.717, 1.165) is 23.8 Å². The largest absolute Gasteiger partial charge is 0.338 e. The van der Waals surface area contributed by atoms with Crippen LogP contribution in [0.25, 0.3) is 15.9 Å². The molecule has 1 aromatic carbocycles. The molecule has 146 valence electrons. The lowest BCUT2D eigenvalue weighted by molar-refractivity contribution is -0.135. The lowest BCUT2D eigenvalue weighted by atomic mass is 10.0. The number of rotatable bonds is 3. The molecule has 8 heteroatoms. The fraction of sp³-hybridized carbons (Fsp3) is 0.350. The molecule has 1 amide bonds. The molecule has 3 heterocycles. The second-order valence-corrected chi connectivity index (χ2v) is 8.41. The molecule has 0 radical (unpaired) electrons. The Labute approximate surface area is 170 Å². The highest BCUT2D eigenvalue weighted by Crippen LogP contribution is 2.20. The Balaban J connectivity index is 1.83. The monoisotopic (exact) mass is 417 g/mol. The summed E-state index contributed by atoms with van der Waals surface area (Å²) < 4.78 is 2.97. The van der Waals surface area contributed by atoms with Crippen molar-refractivity contribution in [3.05, 3.63) is 61.6 Å². The van der Waals surface area contributed by atoms with Gasteiger partial charge in [0.1, 0.15) is 11.2 Å². The molecule has 4 rings (SSSR count). The van der Waals surface area contributed by atoms with Gasteiger partial charge in [-0.3, -0.25) is 14.2 Å². The van der Waals surface area contributed by atoms with Crippen LogP contribution in [-0.2, 0) is 11.3 Å². The minimum atomic E-state index is -0.517. The first kappa shape index (κ1) is 19.0. The predicted octanol–water partition coefficient (Wildman–Crippen LogP) is 3.27. The molecule has 28 heavy (non-hydrogen) atoms. The highest BCUT2D eigenvalue weighted by Gasteiger charge is 2.25. The molecular formula is C20H20ClN3O3S. The van der Waals surface area contributed by atoms with Gasteiger partial charge in [-0.15, -0.1) is 11.3 Å². The first-order valence-electron chi connectivity index (χ1n) is 9.26. The van der Waals surface area contributed by atoms with Crippen LogP contribution in [0.1, 0.15) is 26.2 Å². The first-order chi connectivity index (χ1) is 13.5. The normalized spacial score (nSPS) is 17.2. The third kappa shape index (κ3) is 3.29. The summed E-state index contributed by atoms with van der Waals surface area (Å²) in [5, 5.41) is 2.28. The van der Waals surface area contributed by atoms with Crippen LogP contribution < -0.4 is 11.2 Å². The van der Waals surface area contributed by atoms with Gasteiger partial charge in [0.2, 0.25) is 5.91 Å². The van der Waals surface area contributed by atoms with Crippen molar-refractivity contribution in [2.45, 2.75) is 38.8 Å². The van der Waals surface area contributed by atoms with Crippen molar-refractivity contribution in [2.24, 2.45) is 0 Å². The molecule has 3 aromatic rings. The minimum absolute atomic E-state index is 0.0791. The number of aromatic nitrogens is 2. The smallest absolute Gasteiger partial charge is 0.336 e. The third-order valence-electron chi connectivity index (χ3n) is 5.26. The molecule has 1 unspecified atom stereocenters. The van der Waals surface area contributed by atoms with Gasteiger partial charge in [-0.1, -0.05) is 11.6 Å². The first-order valence-corrected chi connectivity index (χ1v) is 10.5. The van der Waals surface area contributed by atoms with Crippen molar-refractivity contribution < 1.29 is 4.79 Å². The van der Waals surface area contributed by atoms with Crippen LogP contribution in [0.4, 0.5) is 0 Å². The van der Waals surface area contributed by atoms with E-state index in [1.165, 1.54) is 15.9 Å². The van der Waals surface area contributed by atoms with Crippen LogP contribution >= 0.6 is 22.9 Å². The number of halogens is 1. The molecular weight excluding hydrogens is 398 g/mol. The summed E-state index contributed by atoms with van der Waals surface area (Å²) in [6.45, 7) is 2.66. The van der Waals surface area contributed by atoms with Gasteiger partial charge in [-0.05, 0) is 61.9 Å². The average molecular weight is 418 g/mol. The van der Waals surface area contributed by atoms with Crippen LogP contribution in [0.15, 0.2) is 45.3 Å². The van der Waals surface area contributed by atoms with Crippen LogP contribution in [-0.4, -0.2) is 32.5 Å². The third-order valence-corrected chi connectivity index (χ3v) is 6.40. The molecule has 0 N–H and O–H groups in total. The van der Waals surface area contributed by atoms with Crippen molar-refractivity contribution in [1.82, 2.24) is 14.0 Å². The zero-order valence-electron chi connectivity index (χ0n) is 15.4. The quantitative estimate of drug-likeness (QED) is 0.657. The SMILES string of the molecule is CC1CCCCN1C(=O)Cn1c(=O)n(-c2ccc(Cl)cc2)c(=O)c2sccc21. The number of fused-ring (bicyclic) bond motifs is 1. The number of carbonyl (C=O) groups is 1. The Morgan fingerprint density at radius 1 is 1.18 bits per heavy atom. The Morgan fingerprint density at radius 2 is 1.93 bits per heavy atom. The molecule has 2 aromatic heterocycles. The van der Waals surface area contributed by atoms with E-state index in [9.17, 15) is 14.4 Å². The van der Waals surface area contributed by atoms with Crippen molar-refractivity contribution >= 4 is 39.1 Å². The average Bonchev–Trinajstić information content (AvgIpc) is 3.17. The summed E-state index contributed by atoms with van der Waals surface area (Å²) in [4.78, 5) is 40.9. The summed E-state index contributed by atoms with van der Waals surface area (Å²) >= 11 is 7.21. The predicted molar refractivity (Wildman–Crippen MR) is 112 cm³/mol. The maximum Gasteiger partial charge on any atom is 0.336 e. The summed E-state index contributed by atoms with van der Waals surface area (Å²) in [7, 11) is 0. The van der Waals surface area contributed by atoms with Crippen LogP contribution in [0.2, 0.25) is 5.02 Å². The Kier molecular flexibility index (Phi) is 5.12. The number of amides is 1. The number of likely N-dealkylation sites (tertiary alicyclic amines) is 1. The number of hydrogen-bond acceptors (Lipinski definition) is 4. The lowest BCUT2D eigenvalue weighted by Crippen LogP contribution is -2.46. The van der Waals surface area contributed by atoms with Crippen molar-refractivity contribution in [3.8, 4) is 5.69 Å². The number of carbonyl (C=O) groups excluding carboxylic acids is 1. The second-order valence-electron chi connectivity index (χ2n) is 7.05. The molecule has 1 aliphatic heterocycles. The molecule has 0 saturated carbocycles. The van der Waals surface area contributed by atoms with E-state index < -0.39 is 5.69 Å². The van der Waals surface area contributed by atoms with E-state index in [1.54, 1.807) is 35.7 Å². The van der Waals surface area contributed by atoms with Gasteiger partial charge in [0, 0.05) is 17.6 Å². The number of nitrogens with zero attached hydrogens (tertiary/aromatic N) is 3. The van der Waals surface area contributed by atoms with Crippen LogP contribution in [0, 0.1) is 0 Å². The van der Waals surface area contributed by atoms with Gasteiger partial charge < -0.3 is 4.90 Å². The van der Waals surface area contributed by atoms with E-state index in [0.29, 0.717) is 27.5 Å². The zero-order chi connectivity index (χ0) is 19.8. The second kappa shape index (κ2) is 7.56. The van der Waals surface area contributed by atoms with Gasteiger partial charge in [0.05, 0.1) is 11.2 Å². The number of hydrogen-bond donors (Lipinski definition) is 0. The van der Waals surface area contributed by atoms with Gasteiger partial charge in [0.25, 0.3) is 5.56 Å². The van der Waals surface area contributed by atoms with Gasteiger partial charge >= 0.3 is 5.69 Å². The molecule has 1 aliphatic rings. The molecule has 0 aliphatic carbocycles. The van der Waals surface area contributed by atoms with Crippen LogP contribution in [0.5, 0.6) is 0 Å². The van der Waals surface area contributed by atoms with Crippen molar-refractivity contribution in [2.75, 3.05) is 6.54 Å². The van der Waals surface area contributed by atoms with E-state index in [2.05, 4.69) is 0 Å². The fourth-order valence-corrected chi connectivity index (χ4v) is 4.70. The number of piperidine rings is 1. The molecule has 0 bridgehead atoms. The standard InChI is InChI=1S/C20H20ClN3O3S/c1-13-4-2-3-10-22(13)17(25)12-23-16-9-11-28-18(16)19(26)24(20(23)27)15-7-5-14(21)6-8-15/h5-9,11,13H,2-4,10,12H2,1H3. The highest BCUT2D eigenvalue weighted by atomic mass is 35.5. The summed E-state index contributed by atoms with van der Waals surface area (Å²) in [6, 6.07) is 8.41. The Bertz CT molecular complexity index is 1150. The maximum atomic E-state index is 13.2. The zero-order valence-corrected chi connectivity index (χ0v) is 17.0. The summed E-state index contributed by atoms with van der Waals surface area (Å²) in [6.07, 6.45) is 3.06. The topological polar surface area (TPSA) is 64.3 Å². The van der Waals surface area contributed by atoms with Crippen LogP contribution in [0.3, 0.4) is 0 Å². The number of thiophene rings is 1. The van der Waals surface area contributed by atoms with E-state index in [1.807, 2.05) is 11.8 Å². The highest BCUT2D eigenvalue weighted by molar-refractivity contribution is 7.17. The number of benzene rings is 1. The van der Waals surface area contributed by atoms with Crippen molar-refractivity contribution in [1.29, 1.82) is 0 Å². The minimum Gasteiger partial charge on any atom is -0.338 e. The maximum absolute atomic E-state index is 13.2. The Hall–Kier alpha value is -2.38. The van der Waals surface area contributed by atoms with Gasteiger partial charge in [-0.2, -0.15) is 0 Å². The van der Waals surface area contributed by atoms with Gasteiger partial charge in [-0.25, -0.2) is 9.36 Å². The van der Waals surface area contributed by atoms with Crippen molar-refractivity contribution in [3.63, 3.8) is 0 Å². The van der Waals surface area contributed by atoms with E-state index in [-0.39, 0.29) is 24.1 Å². The Morgan fingerprint density at radius 3 is 2.64 bits per heavy atom. The van der Waals surface area contributed by atoms with E-state index >= 15 is 0 Å². The summed E-state index contributed by atoms with van der Waals surface area (Å²) in [5.74, 6) is -0.0943. The van der Waals surface area contributed by atoms with E-state index in [4.69, 9.17) is 11.6 Å². The molecule has 1 atom stereocenters. The fourth-order valence-electron chi connectivity index (χ4n) is 3.75. The summed E-state index contributed by atoms with van der Waals surface area (Å²) in [5.41, 5.74) is 0.0362. The lowest BCUT2D eigenvalue weighted by Gasteiger charge is -2.33. The van der Waals surface area contributed by atoms with Gasteiger partial charge in [0.15, 0.2) is 0 Å². The molecule has 1 fully saturated rings. The molecule has 0 spiro atoms. The molecule has 6 nitrogen and oxygen atoms in total. The molecule has 1 saturated heterocycles.